The zero-order chi connectivity index (χ0) is 31.1. The molecule has 1 spiro atoms. The molecule has 0 aromatic heterocycles. The largest absolute Gasteiger partial charge is 0.497 e. The molecule has 8 rings (SSSR count). The highest BCUT2D eigenvalue weighted by molar-refractivity contribution is 5.72. The van der Waals surface area contributed by atoms with Gasteiger partial charge in [-0.2, -0.15) is 0 Å². The highest BCUT2D eigenvalue weighted by Crippen LogP contribution is 2.66. The van der Waals surface area contributed by atoms with Crippen LogP contribution in [0, 0.1) is 48.1 Å². The molecule has 7 atom stereocenters. The molecule has 7 unspecified atom stereocenters. The molecule has 2 bridgehead atoms. The number of benzene rings is 2. The fourth-order valence-electron chi connectivity index (χ4n) is 9.46. The lowest BCUT2D eigenvalue weighted by Crippen LogP contribution is -2.69. The Morgan fingerprint density at radius 1 is 0.955 bits per heavy atom. The second-order valence-corrected chi connectivity index (χ2v) is 12.5. The van der Waals surface area contributed by atoms with Crippen LogP contribution in [0.3, 0.4) is 0 Å². The summed E-state index contributed by atoms with van der Waals surface area (Å²) in [4.78, 5) is 33.4. The standard InChI is InChI=1S/C23H30N2O3.C6H3N3O7/c1-26-18-10-15-16(11-19(18)27-2)25-6-3-17-21-14-9-20-23(15,22(21)25)5-7-24(20)12-13(14)4-8-28-17;10-6-4(8(13)14)1-3(7(11)12)2-5(6)9(15)16/h10-11,13-14,17,20-22H,3-9,12H2,1-2H3;1-2,10H. The second kappa shape index (κ2) is 10.2. The molecule has 2 aromatic carbocycles. The molecule has 4 saturated heterocycles. The number of phenols is 1. The van der Waals surface area contributed by atoms with Crippen LogP contribution in [0.15, 0.2) is 24.3 Å². The molecular formula is C29H33N5O10. The predicted octanol–water partition coefficient (Wildman–Crippen LogP) is 3.78. The van der Waals surface area contributed by atoms with Crippen molar-refractivity contribution in [2.75, 3.05) is 45.4 Å². The smallest absolute Gasteiger partial charge is 0.324 e. The van der Waals surface area contributed by atoms with Crippen LogP contribution in [0.1, 0.15) is 31.2 Å². The molecule has 6 aliphatic rings. The maximum absolute atomic E-state index is 10.4. The summed E-state index contributed by atoms with van der Waals surface area (Å²) < 4.78 is 18.0. The summed E-state index contributed by atoms with van der Waals surface area (Å²) in [6.45, 7) is 4.62. The first-order valence-corrected chi connectivity index (χ1v) is 14.8. The molecule has 15 nitrogen and oxygen atoms in total. The van der Waals surface area contributed by atoms with E-state index in [1.54, 1.807) is 14.2 Å². The molecule has 5 heterocycles. The van der Waals surface area contributed by atoms with Gasteiger partial charge in [0, 0.05) is 54.9 Å². The Labute approximate surface area is 251 Å². The van der Waals surface area contributed by atoms with Crippen molar-refractivity contribution in [2.45, 2.75) is 49.3 Å². The van der Waals surface area contributed by atoms with Gasteiger partial charge in [-0.15, -0.1) is 0 Å². The number of phenolic OH excluding ortho intramolecular Hbond substituents is 1. The van der Waals surface area contributed by atoms with Crippen molar-refractivity contribution in [3.05, 3.63) is 60.2 Å². The quantitative estimate of drug-likeness (QED) is 0.382. The Kier molecular flexibility index (Phi) is 6.59. The lowest BCUT2D eigenvalue weighted by molar-refractivity contribution is -0.404. The number of rotatable bonds is 5. The lowest BCUT2D eigenvalue weighted by Gasteiger charge is -2.60. The molecule has 234 valence electrons. The molecule has 0 radical (unpaired) electrons. The molecule has 5 fully saturated rings. The molecule has 1 aliphatic carbocycles. The fourth-order valence-corrected chi connectivity index (χ4v) is 9.46. The summed E-state index contributed by atoms with van der Waals surface area (Å²) in [6, 6.07) is 6.77. The van der Waals surface area contributed by atoms with Crippen molar-refractivity contribution >= 4 is 22.7 Å². The van der Waals surface area contributed by atoms with Crippen LogP contribution in [0.5, 0.6) is 17.2 Å². The number of nitro benzene ring substituents is 3. The van der Waals surface area contributed by atoms with Gasteiger partial charge in [0.1, 0.15) is 0 Å². The van der Waals surface area contributed by atoms with Crippen molar-refractivity contribution in [2.24, 2.45) is 17.8 Å². The topological polar surface area (TPSA) is 184 Å². The van der Waals surface area contributed by atoms with E-state index in [4.69, 9.17) is 19.3 Å². The average Bonchev–Trinajstić information content (AvgIpc) is 3.46. The maximum atomic E-state index is 10.4. The molecule has 44 heavy (non-hydrogen) atoms. The van der Waals surface area contributed by atoms with E-state index >= 15 is 0 Å². The third kappa shape index (κ3) is 3.87. The van der Waals surface area contributed by atoms with Crippen molar-refractivity contribution < 1.29 is 34.1 Å². The highest BCUT2D eigenvalue weighted by Gasteiger charge is 2.70. The Morgan fingerprint density at radius 3 is 2.27 bits per heavy atom. The number of nitro groups is 3. The van der Waals surface area contributed by atoms with E-state index in [1.165, 1.54) is 50.0 Å². The first-order valence-electron chi connectivity index (χ1n) is 14.8. The summed E-state index contributed by atoms with van der Waals surface area (Å²) in [6.07, 6.45) is 5.54. The van der Waals surface area contributed by atoms with Gasteiger partial charge in [-0.3, -0.25) is 35.2 Å². The average molecular weight is 612 g/mol. The number of anilines is 1. The second-order valence-electron chi connectivity index (χ2n) is 12.5. The van der Waals surface area contributed by atoms with Crippen molar-refractivity contribution in [3.63, 3.8) is 0 Å². The van der Waals surface area contributed by atoms with Crippen molar-refractivity contribution in [1.82, 2.24) is 4.90 Å². The van der Waals surface area contributed by atoms with Crippen LogP contribution in [-0.4, -0.2) is 83.4 Å². The van der Waals surface area contributed by atoms with Gasteiger partial charge in [0.2, 0.25) is 0 Å². The number of fused-ring (bicyclic) bond motifs is 2. The summed E-state index contributed by atoms with van der Waals surface area (Å²) >= 11 is 0. The third-order valence-corrected chi connectivity index (χ3v) is 11.0. The van der Waals surface area contributed by atoms with Gasteiger partial charge in [-0.25, -0.2) is 0 Å². The van der Waals surface area contributed by atoms with E-state index < -0.39 is 37.6 Å². The molecule has 2 aromatic rings. The minimum Gasteiger partial charge on any atom is -0.497 e. The number of hydrogen-bond acceptors (Lipinski definition) is 12. The van der Waals surface area contributed by atoms with Crippen LogP contribution in [-0.2, 0) is 10.2 Å². The van der Waals surface area contributed by atoms with Crippen LogP contribution in [0.2, 0.25) is 0 Å². The Bertz CT molecular complexity index is 1530. The monoisotopic (exact) mass is 611 g/mol. The lowest BCUT2D eigenvalue weighted by atomic mass is 9.52. The Balaban J connectivity index is 0.000000169. The maximum Gasteiger partial charge on any atom is 0.324 e. The van der Waals surface area contributed by atoms with Gasteiger partial charge in [-0.1, -0.05) is 0 Å². The van der Waals surface area contributed by atoms with Gasteiger partial charge in [0.05, 0.1) is 47.2 Å². The number of methoxy groups -OCH3 is 2. The SMILES string of the molecule is COc1cc2c(cc1OC)C13CCN4CC5CCOC6CCN2C1C6C5CC43.O=[N+]([O-])c1cc([N+](=O)[O-])c(O)c([N+](=O)[O-])c1. The normalized spacial score (nSPS) is 32.1. The summed E-state index contributed by atoms with van der Waals surface area (Å²) in [5.41, 5.74) is 0.187. The third-order valence-electron chi connectivity index (χ3n) is 11.0. The van der Waals surface area contributed by atoms with Gasteiger partial charge in [0.15, 0.2) is 11.5 Å². The van der Waals surface area contributed by atoms with Crippen LogP contribution in [0.4, 0.5) is 22.7 Å². The molecule has 0 amide bonds. The van der Waals surface area contributed by atoms with E-state index in [9.17, 15) is 30.3 Å². The summed E-state index contributed by atoms with van der Waals surface area (Å²) in [5.74, 6) is 2.90. The van der Waals surface area contributed by atoms with Crippen molar-refractivity contribution in [1.29, 1.82) is 0 Å². The zero-order valence-corrected chi connectivity index (χ0v) is 24.3. The Morgan fingerprint density at radius 2 is 1.64 bits per heavy atom. The first-order chi connectivity index (χ1) is 21.1. The van der Waals surface area contributed by atoms with E-state index in [2.05, 4.69) is 21.9 Å². The molecular weight excluding hydrogens is 578 g/mol. The van der Waals surface area contributed by atoms with E-state index in [0.717, 1.165) is 36.5 Å². The van der Waals surface area contributed by atoms with E-state index in [-0.39, 0.29) is 5.41 Å². The van der Waals surface area contributed by atoms with Gasteiger partial charge < -0.3 is 24.2 Å². The number of piperidine rings is 2. The number of aromatic hydroxyl groups is 1. The first kappa shape index (κ1) is 28.5. The molecule has 15 heteroatoms. The highest BCUT2D eigenvalue weighted by atomic mass is 16.6. The van der Waals surface area contributed by atoms with Crippen molar-refractivity contribution in [3.8, 4) is 17.2 Å². The van der Waals surface area contributed by atoms with Gasteiger partial charge in [0.25, 0.3) is 11.4 Å². The summed E-state index contributed by atoms with van der Waals surface area (Å²) in [5, 5.41) is 40.2. The van der Waals surface area contributed by atoms with Crippen LogP contribution >= 0.6 is 0 Å². The molecule has 1 N–H and O–H groups in total. The number of ether oxygens (including phenoxy) is 3. The van der Waals surface area contributed by atoms with Gasteiger partial charge >= 0.3 is 11.4 Å². The number of non-ortho nitro benzene ring substituents is 1. The minimum atomic E-state index is -1.21. The van der Waals surface area contributed by atoms with E-state index in [0.29, 0.717) is 36.2 Å². The number of nitrogens with zero attached hydrogens (tertiary/aromatic N) is 5. The van der Waals surface area contributed by atoms with Crippen LogP contribution in [0.25, 0.3) is 0 Å². The fraction of sp³-hybridized carbons (Fsp3) is 0.586. The van der Waals surface area contributed by atoms with Crippen LogP contribution < -0.4 is 14.4 Å². The van der Waals surface area contributed by atoms with Gasteiger partial charge in [-0.05, 0) is 55.7 Å². The zero-order valence-electron chi connectivity index (χ0n) is 24.3. The predicted molar refractivity (Wildman–Crippen MR) is 154 cm³/mol. The number of hydrogen-bond donors (Lipinski definition) is 1. The Hall–Kier alpha value is -4.24. The van der Waals surface area contributed by atoms with E-state index in [1.807, 2.05) is 0 Å². The minimum absolute atomic E-state index is 0.243. The summed E-state index contributed by atoms with van der Waals surface area (Å²) in [7, 11) is 3.52. The molecule has 5 aliphatic heterocycles. The molecule has 1 saturated carbocycles.